The lowest BCUT2D eigenvalue weighted by Crippen LogP contribution is -2.17. The van der Waals surface area contributed by atoms with Crippen molar-refractivity contribution in [2.24, 2.45) is 0 Å². The number of H-pyrrole nitrogens is 1. The summed E-state index contributed by atoms with van der Waals surface area (Å²) in [5.74, 6) is -3.08. The van der Waals surface area contributed by atoms with E-state index in [1.165, 1.54) is 6.33 Å². The third-order valence-electron chi connectivity index (χ3n) is 2.38. The number of benzene rings is 1. The van der Waals surface area contributed by atoms with Crippen LogP contribution in [0.3, 0.4) is 0 Å². The first-order valence-electron chi connectivity index (χ1n) is 5.35. The Balaban J connectivity index is 1.83. The Labute approximate surface area is 101 Å². The number of aromatic amines is 1. The highest BCUT2D eigenvalue weighted by Crippen LogP contribution is 2.13. The van der Waals surface area contributed by atoms with E-state index in [9.17, 15) is 13.2 Å². The zero-order valence-electron chi connectivity index (χ0n) is 9.38. The molecule has 0 radical (unpaired) electrons. The Kier molecular flexibility index (Phi) is 3.93. The van der Waals surface area contributed by atoms with Gasteiger partial charge < -0.3 is 5.32 Å². The van der Waals surface area contributed by atoms with Gasteiger partial charge in [0, 0.05) is 19.5 Å². The molecule has 0 bridgehead atoms. The molecule has 2 aromatic rings. The molecule has 1 aromatic carbocycles. The maximum absolute atomic E-state index is 12.9. The van der Waals surface area contributed by atoms with Crippen molar-refractivity contribution in [1.82, 2.24) is 20.5 Å². The Bertz CT molecular complexity index is 490. The SMILES string of the molecule is Fc1cc(CNCCc2ncn[nH]2)cc(F)c1F. The summed E-state index contributed by atoms with van der Waals surface area (Å²) in [5.41, 5.74) is 0.351. The van der Waals surface area contributed by atoms with Gasteiger partial charge in [0.15, 0.2) is 17.5 Å². The van der Waals surface area contributed by atoms with Crippen LogP contribution in [0.1, 0.15) is 11.4 Å². The number of rotatable bonds is 5. The van der Waals surface area contributed by atoms with Crippen molar-refractivity contribution in [3.8, 4) is 0 Å². The average molecular weight is 256 g/mol. The van der Waals surface area contributed by atoms with E-state index in [2.05, 4.69) is 20.5 Å². The summed E-state index contributed by atoms with van der Waals surface area (Å²) in [6.45, 7) is 0.818. The fraction of sp³-hybridized carbons (Fsp3) is 0.273. The van der Waals surface area contributed by atoms with Gasteiger partial charge >= 0.3 is 0 Å². The predicted octanol–water partition coefficient (Wildman–Crippen LogP) is 1.55. The standard InChI is InChI=1S/C11H11F3N4/c12-8-3-7(4-9(13)11(8)14)5-15-2-1-10-16-6-17-18-10/h3-4,6,15H,1-2,5H2,(H,16,17,18). The van der Waals surface area contributed by atoms with Gasteiger partial charge in [-0.05, 0) is 17.7 Å². The van der Waals surface area contributed by atoms with Crippen LogP contribution >= 0.6 is 0 Å². The molecule has 0 aliphatic heterocycles. The third kappa shape index (κ3) is 3.07. The van der Waals surface area contributed by atoms with E-state index in [0.29, 0.717) is 18.5 Å². The zero-order chi connectivity index (χ0) is 13.0. The number of hydrogen-bond acceptors (Lipinski definition) is 3. The number of aromatic nitrogens is 3. The smallest absolute Gasteiger partial charge is 0.194 e. The molecule has 0 aliphatic rings. The van der Waals surface area contributed by atoms with Gasteiger partial charge in [-0.15, -0.1) is 0 Å². The second-order valence-electron chi connectivity index (χ2n) is 3.73. The van der Waals surface area contributed by atoms with Crippen molar-refractivity contribution in [2.45, 2.75) is 13.0 Å². The minimum absolute atomic E-state index is 0.252. The van der Waals surface area contributed by atoms with E-state index in [4.69, 9.17) is 0 Å². The van der Waals surface area contributed by atoms with Crippen LogP contribution in [0.4, 0.5) is 13.2 Å². The van der Waals surface area contributed by atoms with Crippen LogP contribution in [-0.2, 0) is 13.0 Å². The quantitative estimate of drug-likeness (QED) is 0.630. The molecule has 96 valence electrons. The van der Waals surface area contributed by atoms with Crippen LogP contribution in [0.5, 0.6) is 0 Å². The summed E-state index contributed by atoms with van der Waals surface area (Å²) in [6, 6.07) is 1.94. The molecule has 0 saturated heterocycles. The molecule has 18 heavy (non-hydrogen) atoms. The lowest BCUT2D eigenvalue weighted by Gasteiger charge is -2.05. The van der Waals surface area contributed by atoms with Crippen molar-refractivity contribution < 1.29 is 13.2 Å². The largest absolute Gasteiger partial charge is 0.312 e. The minimum Gasteiger partial charge on any atom is -0.312 e. The summed E-state index contributed by atoms with van der Waals surface area (Å²) in [4.78, 5) is 3.92. The summed E-state index contributed by atoms with van der Waals surface area (Å²) >= 11 is 0. The molecule has 1 aromatic heterocycles. The predicted molar refractivity (Wildman–Crippen MR) is 58.1 cm³/mol. The van der Waals surface area contributed by atoms with Gasteiger partial charge in [0.2, 0.25) is 0 Å². The zero-order valence-corrected chi connectivity index (χ0v) is 9.38. The van der Waals surface area contributed by atoms with Gasteiger partial charge in [0.25, 0.3) is 0 Å². The first kappa shape index (κ1) is 12.6. The molecular weight excluding hydrogens is 245 g/mol. The Morgan fingerprint density at radius 2 is 1.89 bits per heavy atom. The Hall–Kier alpha value is -1.89. The van der Waals surface area contributed by atoms with Gasteiger partial charge in [-0.1, -0.05) is 0 Å². The Morgan fingerprint density at radius 3 is 2.50 bits per heavy atom. The highest BCUT2D eigenvalue weighted by molar-refractivity contribution is 5.19. The maximum atomic E-state index is 12.9. The summed E-state index contributed by atoms with van der Waals surface area (Å²) in [7, 11) is 0. The van der Waals surface area contributed by atoms with E-state index in [-0.39, 0.29) is 6.54 Å². The second kappa shape index (κ2) is 5.63. The first-order valence-corrected chi connectivity index (χ1v) is 5.35. The molecule has 7 heteroatoms. The van der Waals surface area contributed by atoms with Gasteiger partial charge in [-0.25, -0.2) is 18.2 Å². The van der Waals surface area contributed by atoms with Crippen LogP contribution in [0, 0.1) is 17.5 Å². The van der Waals surface area contributed by atoms with Crippen LogP contribution in [0.15, 0.2) is 18.5 Å². The number of nitrogens with zero attached hydrogens (tertiary/aromatic N) is 2. The molecule has 4 nitrogen and oxygen atoms in total. The van der Waals surface area contributed by atoms with Crippen molar-refractivity contribution >= 4 is 0 Å². The second-order valence-corrected chi connectivity index (χ2v) is 3.73. The van der Waals surface area contributed by atoms with E-state index in [0.717, 1.165) is 18.0 Å². The fourth-order valence-corrected chi connectivity index (χ4v) is 1.50. The molecule has 0 aliphatic carbocycles. The van der Waals surface area contributed by atoms with Gasteiger partial charge in [0.1, 0.15) is 12.2 Å². The molecule has 0 spiro atoms. The number of nitrogens with one attached hydrogen (secondary N) is 2. The fourth-order valence-electron chi connectivity index (χ4n) is 1.50. The molecule has 0 amide bonds. The van der Waals surface area contributed by atoms with Crippen molar-refractivity contribution in [1.29, 1.82) is 0 Å². The van der Waals surface area contributed by atoms with Gasteiger partial charge in [-0.2, -0.15) is 5.10 Å². The Morgan fingerprint density at radius 1 is 1.17 bits per heavy atom. The summed E-state index contributed by atoms with van der Waals surface area (Å²) in [5, 5.41) is 9.35. The lowest BCUT2D eigenvalue weighted by atomic mass is 10.2. The normalized spacial score (nSPS) is 10.8. The average Bonchev–Trinajstić information content (AvgIpc) is 2.84. The molecule has 0 atom stereocenters. The number of hydrogen-bond donors (Lipinski definition) is 2. The molecule has 0 saturated carbocycles. The molecule has 0 fully saturated rings. The third-order valence-corrected chi connectivity index (χ3v) is 2.38. The van der Waals surface area contributed by atoms with Crippen LogP contribution in [-0.4, -0.2) is 21.7 Å². The lowest BCUT2D eigenvalue weighted by molar-refractivity contribution is 0.444. The molecule has 2 rings (SSSR count). The van der Waals surface area contributed by atoms with E-state index in [1.807, 2.05) is 0 Å². The minimum atomic E-state index is -1.44. The first-order chi connectivity index (χ1) is 8.66. The van der Waals surface area contributed by atoms with Gasteiger partial charge in [-0.3, -0.25) is 5.10 Å². The molecule has 2 N–H and O–H groups in total. The van der Waals surface area contributed by atoms with Crippen LogP contribution < -0.4 is 5.32 Å². The van der Waals surface area contributed by atoms with E-state index < -0.39 is 17.5 Å². The van der Waals surface area contributed by atoms with Crippen molar-refractivity contribution in [2.75, 3.05) is 6.54 Å². The van der Waals surface area contributed by atoms with Crippen molar-refractivity contribution in [3.63, 3.8) is 0 Å². The maximum Gasteiger partial charge on any atom is 0.194 e. The molecule has 0 unspecified atom stereocenters. The van der Waals surface area contributed by atoms with Crippen molar-refractivity contribution in [3.05, 3.63) is 47.3 Å². The van der Waals surface area contributed by atoms with Gasteiger partial charge in [0.05, 0.1) is 0 Å². The van der Waals surface area contributed by atoms with Crippen LogP contribution in [0.2, 0.25) is 0 Å². The van der Waals surface area contributed by atoms with Crippen LogP contribution in [0.25, 0.3) is 0 Å². The highest BCUT2D eigenvalue weighted by Gasteiger charge is 2.09. The molecular formula is C11H11F3N4. The van der Waals surface area contributed by atoms with E-state index >= 15 is 0 Å². The summed E-state index contributed by atoms with van der Waals surface area (Å²) in [6.07, 6.45) is 2.02. The topological polar surface area (TPSA) is 53.6 Å². The monoisotopic (exact) mass is 256 g/mol. The molecule has 1 heterocycles. The number of halogens is 3. The summed E-state index contributed by atoms with van der Waals surface area (Å²) < 4.78 is 38.5. The van der Waals surface area contributed by atoms with E-state index in [1.54, 1.807) is 0 Å². The highest BCUT2D eigenvalue weighted by atomic mass is 19.2.